The van der Waals surface area contributed by atoms with Crippen LogP contribution in [0, 0.1) is 0 Å². The molecule has 0 bridgehead atoms. The number of pyridine rings is 1. The molecule has 1 N–H and O–H groups in total. The minimum atomic E-state index is 0.0867. The maximum atomic E-state index is 6.08. The molecular formula is C16H15ClN2S. The van der Waals surface area contributed by atoms with E-state index in [9.17, 15) is 0 Å². The number of rotatable bonds is 4. The molecule has 0 spiro atoms. The third-order valence-electron chi connectivity index (χ3n) is 3.26. The molecule has 0 aliphatic heterocycles. The van der Waals surface area contributed by atoms with E-state index in [-0.39, 0.29) is 6.04 Å². The van der Waals surface area contributed by atoms with E-state index in [0.29, 0.717) is 0 Å². The number of nitrogens with zero attached hydrogens (tertiary/aromatic N) is 1. The third kappa shape index (κ3) is 2.57. The van der Waals surface area contributed by atoms with Gasteiger partial charge in [-0.1, -0.05) is 42.8 Å². The summed E-state index contributed by atoms with van der Waals surface area (Å²) in [6.07, 6.45) is 1.87. The first-order valence-corrected chi connectivity index (χ1v) is 7.81. The van der Waals surface area contributed by atoms with Gasteiger partial charge in [-0.25, -0.2) is 0 Å². The van der Waals surface area contributed by atoms with E-state index in [1.807, 2.05) is 18.3 Å². The standard InChI is InChI=1S/C16H15ClN2S/c1-2-18-16(13-7-8-14(17)20-13)15-12-6-4-3-5-11(12)9-10-19-15/h3-10,16,18H,2H2,1H3. The topological polar surface area (TPSA) is 24.9 Å². The Kier molecular flexibility index (Phi) is 4.01. The highest BCUT2D eigenvalue weighted by Crippen LogP contribution is 2.33. The maximum absolute atomic E-state index is 6.08. The van der Waals surface area contributed by atoms with Crippen molar-refractivity contribution in [3.63, 3.8) is 0 Å². The number of hydrogen-bond donors (Lipinski definition) is 1. The van der Waals surface area contributed by atoms with E-state index >= 15 is 0 Å². The summed E-state index contributed by atoms with van der Waals surface area (Å²) >= 11 is 7.68. The van der Waals surface area contributed by atoms with E-state index in [1.165, 1.54) is 15.6 Å². The molecule has 4 heteroatoms. The second-order valence-corrected chi connectivity index (χ2v) is 6.30. The van der Waals surface area contributed by atoms with Crippen molar-refractivity contribution in [3.8, 4) is 0 Å². The zero-order valence-electron chi connectivity index (χ0n) is 11.1. The molecule has 3 aromatic rings. The largest absolute Gasteiger partial charge is 0.305 e. The molecular weight excluding hydrogens is 288 g/mol. The van der Waals surface area contributed by atoms with Crippen molar-refractivity contribution in [2.24, 2.45) is 0 Å². The summed E-state index contributed by atoms with van der Waals surface area (Å²) in [5.41, 5.74) is 1.06. The van der Waals surface area contributed by atoms with Crippen LogP contribution in [-0.4, -0.2) is 11.5 Å². The Morgan fingerprint density at radius 3 is 2.80 bits per heavy atom. The van der Waals surface area contributed by atoms with Crippen LogP contribution in [0.4, 0.5) is 0 Å². The lowest BCUT2D eigenvalue weighted by Crippen LogP contribution is -2.22. The minimum absolute atomic E-state index is 0.0867. The number of thiophene rings is 1. The lowest BCUT2D eigenvalue weighted by atomic mass is 10.0. The molecule has 0 aliphatic rings. The molecule has 1 unspecified atom stereocenters. The molecule has 0 amide bonds. The number of aromatic nitrogens is 1. The SMILES string of the molecule is CCNC(c1ccc(Cl)s1)c1nccc2ccccc12. The molecule has 2 nitrogen and oxygen atoms in total. The van der Waals surface area contributed by atoms with Gasteiger partial charge in [0.05, 0.1) is 16.1 Å². The molecule has 2 aromatic heterocycles. The second-order valence-electron chi connectivity index (χ2n) is 4.55. The Balaban J connectivity index is 2.14. The fraction of sp³-hybridized carbons (Fsp3) is 0.188. The summed E-state index contributed by atoms with van der Waals surface area (Å²) in [5.74, 6) is 0. The van der Waals surface area contributed by atoms with Crippen molar-refractivity contribution in [2.75, 3.05) is 6.54 Å². The van der Waals surface area contributed by atoms with E-state index in [4.69, 9.17) is 11.6 Å². The van der Waals surface area contributed by atoms with Crippen LogP contribution in [-0.2, 0) is 0 Å². The minimum Gasteiger partial charge on any atom is -0.305 e. The van der Waals surface area contributed by atoms with Crippen molar-refractivity contribution in [2.45, 2.75) is 13.0 Å². The molecule has 0 aliphatic carbocycles. The highest BCUT2D eigenvalue weighted by Gasteiger charge is 2.18. The van der Waals surface area contributed by atoms with Gasteiger partial charge in [-0.05, 0) is 30.1 Å². The summed E-state index contributed by atoms with van der Waals surface area (Å²) in [7, 11) is 0. The Labute approximate surface area is 127 Å². The molecule has 0 fully saturated rings. The molecule has 3 rings (SSSR count). The molecule has 0 saturated heterocycles. The summed E-state index contributed by atoms with van der Waals surface area (Å²) in [6, 6.07) is 14.5. The fourth-order valence-corrected chi connectivity index (χ4v) is 3.53. The first-order chi connectivity index (χ1) is 9.79. The number of hydrogen-bond acceptors (Lipinski definition) is 3. The second kappa shape index (κ2) is 5.92. The number of benzene rings is 1. The zero-order chi connectivity index (χ0) is 13.9. The van der Waals surface area contributed by atoms with Gasteiger partial charge in [-0.2, -0.15) is 0 Å². The van der Waals surface area contributed by atoms with Gasteiger partial charge in [0, 0.05) is 16.5 Å². The van der Waals surface area contributed by atoms with Crippen molar-refractivity contribution >= 4 is 33.7 Å². The normalized spacial score (nSPS) is 12.7. The van der Waals surface area contributed by atoms with E-state index in [2.05, 4.69) is 47.6 Å². The first-order valence-electron chi connectivity index (χ1n) is 6.62. The van der Waals surface area contributed by atoms with Gasteiger partial charge in [0.2, 0.25) is 0 Å². The molecule has 0 saturated carbocycles. The summed E-state index contributed by atoms with van der Waals surface area (Å²) in [4.78, 5) is 5.81. The van der Waals surface area contributed by atoms with Crippen molar-refractivity contribution < 1.29 is 0 Å². The van der Waals surface area contributed by atoms with Gasteiger partial charge < -0.3 is 5.32 Å². The van der Waals surface area contributed by atoms with Crippen LogP contribution in [0.2, 0.25) is 4.34 Å². The fourth-order valence-electron chi connectivity index (χ4n) is 2.39. The van der Waals surface area contributed by atoms with Crippen LogP contribution in [0.3, 0.4) is 0 Å². The van der Waals surface area contributed by atoms with E-state index < -0.39 is 0 Å². The van der Waals surface area contributed by atoms with Gasteiger partial charge >= 0.3 is 0 Å². The average Bonchev–Trinajstić information content (AvgIpc) is 2.91. The maximum Gasteiger partial charge on any atom is 0.0931 e. The quantitative estimate of drug-likeness (QED) is 0.759. The first kappa shape index (κ1) is 13.6. The van der Waals surface area contributed by atoms with Crippen molar-refractivity contribution in [1.29, 1.82) is 0 Å². The van der Waals surface area contributed by atoms with Gasteiger partial charge in [0.15, 0.2) is 0 Å². The zero-order valence-corrected chi connectivity index (χ0v) is 12.7. The molecule has 2 heterocycles. The Morgan fingerprint density at radius 1 is 1.20 bits per heavy atom. The van der Waals surface area contributed by atoms with Gasteiger partial charge in [-0.15, -0.1) is 11.3 Å². The van der Waals surface area contributed by atoms with E-state index in [0.717, 1.165) is 16.6 Å². The molecule has 102 valence electrons. The smallest absolute Gasteiger partial charge is 0.0931 e. The van der Waals surface area contributed by atoms with E-state index in [1.54, 1.807) is 11.3 Å². The number of halogens is 1. The Morgan fingerprint density at radius 2 is 2.05 bits per heavy atom. The highest BCUT2D eigenvalue weighted by molar-refractivity contribution is 7.16. The van der Waals surface area contributed by atoms with Crippen molar-refractivity contribution in [3.05, 3.63) is 63.6 Å². The summed E-state index contributed by atoms with van der Waals surface area (Å²) in [5, 5.41) is 5.91. The van der Waals surface area contributed by atoms with Crippen LogP contribution in [0.1, 0.15) is 23.5 Å². The van der Waals surface area contributed by atoms with Crippen LogP contribution >= 0.6 is 22.9 Å². The summed E-state index contributed by atoms with van der Waals surface area (Å²) < 4.78 is 0.808. The lowest BCUT2D eigenvalue weighted by molar-refractivity contribution is 0.629. The molecule has 1 aromatic carbocycles. The van der Waals surface area contributed by atoms with Gasteiger partial charge in [-0.3, -0.25) is 4.98 Å². The third-order valence-corrected chi connectivity index (χ3v) is 4.56. The van der Waals surface area contributed by atoms with Crippen molar-refractivity contribution in [1.82, 2.24) is 10.3 Å². The Hall–Kier alpha value is -1.42. The Bertz CT molecular complexity index is 718. The predicted molar refractivity (Wildman–Crippen MR) is 86.6 cm³/mol. The van der Waals surface area contributed by atoms with Gasteiger partial charge in [0.25, 0.3) is 0 Å². The summed E-state index contributed by atoms with van der Waals surface area (Å²) in [6.45, 7) is 2.98. The molecule has 20 heavy (non-hydrogen) atoms. The van der Waals surface area contributed by atoms with Crippen LogP contribution in [0.15, 0.2) is 48.7 Å². The van der Waals surface area contributed by atoms with Crippen LogP contribution in [0.5, 0.6) is 0 Å². The monoisotopic (exact) mass is 302 g/mol. The molecule has 0 radical (unpaired) electrons. The average molecular weight is 303 g/mol. The van der Waals surface area contributed by atoms with Gasteiger partial charge in [0.1, 0.15) is 0 Å². The predicted octanol–water partition coefficient (Wildman–Crippen LogP) is 4.65. The number of fused-ring (bicyclic) bond motifs is 1. The van der Waals surface area contributed by atoms with Crippen LogP contribution < -0.4 is 5.32 Å². The molecule has 1 atom stereocenters. The van der Waals surface area contributed by atoms with Crippen LogP contribution in [0.25, 0.3) is 10.8 Å². The lowest BCUT2D eigenvalue weighted by Gasteiger charge is -2.17. The number of nitrogens with one attached hydrogen (secondary N) is 1. The highest BCUT2D eigenvalue weighted by atomic mass is 35.5.